The number of hydrogen-bond donors (Lipinski definition) is 2. The third-order valence-electron chi connectivity index (χ3n) is 2.11. The van der Waals surface area contributed by atoms with Crippen molar-refractivity contribution in [1.82, 2.24) is 4.90 Å². The van der Waals surface area contributed by atoms with Gasteiger partial charge in [0.2, 0.25) is 0 Å². The van der Waals surface area contributed by atoms with E-state index in [0.29, 0.717) is 5.92 Å². The first-order chi connectivity index (χ1) is 5.93. The Morgan fingerprint density at radius 1 is 1.31 bits per heavy atom. The van der Waals surface area contributed by atoms with Gasteiger partial charge >= 0.3 is 0 Å². The Balaban J connectivity index is 3.62. The van der Waals surface area contributed by atoms with Gasteiger partial charge < -0.3 is 15.7 Å². The summed E-state index contributed by atoms with van der Waals surface area (Å²) in [5, 5.41) is 9.66. The Morgan fingerprint density at radius 3 is 2.23 bits per heavy atom. The molecule has 0 spiro atoms. The van der Waals surface area contributed by atoms with E-state index in [4.69, 9.17) is 5.73 Å². The lowest BCUT2D eigenvalue weighted by Crippen LogP contribution is -2.37. The van der Waals surface area contributed by atoms with Crippen LogP contribution in [-0.4, -0.2) is 42.8 Å². The van der Waals surface area contributed by atoms with E-state index in [1.807, 2.05) is 14.1 Å². The minimum Gasteiger partial charge on any atom is -0.391 e. The summed E-state index contributed by atoms with van der Waals surface area (Å²) < 4.78 is 0. The Bertz CT molecular complexity index is 126. The number of nitrogens with zero attached hydrogens (tertiary/aromatic N) is 1. The van der Waals surface area contributed by atoms with E-state index < -0.39 is 0 Å². The summed E-state index contributed by atoms with van der Waals surface area (Å²) in [4.78, 5) is 2.06. The molecule has 3 N–H and O–H groups in total. The third-order valence-corrected chi connectivity index (χ3v) is 2.11. The summed E-state index contributed by atoms with van der Waals surface area (Å²) in [7, 11) is 4.00. The fourth-order valence-electron chi connectivity index (χ4n) is 1.31. The maximum Gasteiger partial charge on any atom is 0.0703 e. The molecule has 3 nitrogen and oxygen atoms in total. The quantitative estimate of drug-likeness (QED) is 0.644. The number of aliphatic hydroxyl groups is 1. The predicted octanol–water partition coefficient (Wildman–Crippen LogP) is 0.672. The van der Waals surface area contributed by atoms with Crippen molar-refractivity contribution in [1.29, 1.82) is 0 Å². The van der Waals surface area contributed by atoms with Crippen LogP contribution in [0.1, 0.15) is 26.7 Å². The molecule has 0 heterocycles. The van der Waals surface area contributed by atoms with Gasteiger partial charge in [-0.15, -0.1) is 0 Å². The van der Waals surface area contributed by atoms with Crippen molar-refractivity contribution in [3.63, 3.8) is 0 Å². The van der Waals surface area contributed by atoms with Gasteiger partial charge in [-0.25, -0.2) is 0 Å². The van der Waals surface area contributed by atoms with Gasteiger partial charge in [0.05, 0.1) is 6.10 Å². The molecule has 0 aromatic heterocycles. The van der Waals surface area contributed by atoms with E-state index >= 15 is 0 Å². The van der Waals surface area contributed by atoms with Crippen LogP contribution in [0.5, 0.6) is 0 Å². The van der Waals surface area contributed by atoms with Crippen LogP contribution in [0.15, 0.2) is 0 Å². The van der Waals surface area contributed by atoms with Crippen molar-refractivity contribution in [3.05, 3.63) is 0 Å². The first-order valence-electron chi connectivity index (χ1n) is 5.01. The molecule has 80 valence electrons. The normalized spacial score (nSPS) is 16.6. The van der Waals surface area contributed by atoms with E-state index in [1.165, 1.54) is 0 Å². The lowest BCUT2D eigenvalue weighted by atomic mass is 9.98. The molecule has 0 saturated heterocycles. The van der Waals surface area contributed by atoms with Crippen molar-refractivity contribution in [2.24, 2.45) is 11.7 Å². The second-order valence-corrected chi connectivity index (χ2v) is 4.45. The molecule has 2 atom stereocenters. The summed E-state index contributed by atoms with van der Waals surface area (Å²) in [6, 6.07) is -0.0695. The molecule has 0 radical (unpaired) electrons. The molecule has 0 aromatic rings. The molecule has 13 heavy (non-hydrogen) atoms. The minimum atomic E-state index is -0.357. The van der Waals surface area contributed by atoms with Crippen molar-refractivity contribution in [2.45, 2.75) is 38.8 Å². The molecule has 0 aliphatic heterocycles. The van der Waals surface area contributed by atoms with E-state index in [0.717, 1.165) is 19.4 Å². The third kappa shape index (κ3) is 6.99. The largest absolute Gasteiger partial charge is 0.391 e. The Morgan fingerprint density at radius 2 is 1.85 bits per heavy atom. The van der Waals surface area contributed by atoms with Gasteiger partial charge in [-0.05, 0) is 32.9 Å². The lowest BCUT2D eigenvalue weighted by Gasteiger charge is -2.21. The average molecular weight is 188 g/mol. The molecule has 0 saturated carbocycles. The van der Waals surface area contributed by atoms with Gasteiger partial charge in [0, 0.05) is 12.6 Å². The second kappa shape index (κ2) is 6.35. The van der Waals surface area contributed by atoms with Crippen molar-refractivity contribution >= 4 is 0 Å². The lowest BCUT2D eigenvalue weighted by molar-refractivity contribution is 0.116. The van der Waals surface area contributed by atoms with Gasteiger partial charge in [0.15, 0.2) is 0 Å². The SMILES string of the molecule is CC(C)CC(N)C(O)CCN(C)C. The molecule has 0 bridgehead atoms. The van der Waals surface area contributed by atoms with E-state index in [2.05, 4.69) is 18.7 Å². The van der Waals surface area contributed by atoms with Crippen LogP contribution < -0.4 is 5.73 Å². The highest BCUT2D eigenvalue weighted by atomic mass is 16.3. The highest BCUT2D eigenvalue weighted by Crippen LogP contribution is 2.08. The summed E-state index contributed by atoms with van der Waals surface area (Å²) in [6.45, 7) is 5.14. The molecule has 0 aliphatic rings. The molecule has 0 fully saturated rings. The van der Waals surface area contributed by atoms with Crippen LogP contribution in [0.3, 0.4) is 0 Å². The van der Waals surface area contributed by atoms with Gasteiger partial charge in [0.1, 0.15) is 0 Å². The zero-order valence-corrected chi connectivity index (χ0v) is 9.33. The van der Waals surface area contributed by atoms with Crippen LogP contribution in [0.25, 0.3) is 0 Å². The molecule has 0 rings (SSSR count). The average Bonchev–Trinajstić information content (AvgIpc) is 1.98. The summed E-state index contributed by atoms with van der Waals surface area (Å²) in [5.74, 6) is 0.559. The van der Waals surface area contributed by atoms with Crippen LogP contribution in [0.2, 0.25) is 0 Å². The minimum absolute atomic E-state index is 0.0695. The van der Waals surface area contributed by atoms with Crippen LogP contribution in [0.4, 0.5) is 0 Å². The van der Waals surface area contributed by atoms with Crippen LogP contribution in [-0.2, 0) is 0 Å². The number of nitrogens with two attached hydrogens (primary N) is 1. The second-order valence-electron chi connectivity index (χ2n) is 4.45. The molecule has 0 amide bonds. The fourth-order valence-corrected chi connectivity index (χ4v) is 1.31. The first-order valence-corrected chi connectivity index (χ1v) is 5.01. The highest BCUT2D eigenvalue weighted by molar-refractivity contribution is 4.73. The molecular formula is C10H24N2O. The van der Waals surface area contributed by atoms with E-state index in [9.17, 15) is 5.11 Å². The zero-order chi connectivity index (χ0) is 10.4. The number of rotatable bonds is 6. The zero-order valence-electron chi connectivity index (χ0n) is 9.33. The molecule has 0 aliphatic carbocycles. The van der Waals surface area contributed by atoms with E-state index in [-0.39, 0.29) is 12.1 Å². The number of hydrogen-bond acceptors (Lipinski definition) is 3. The topological polar surface area (TPSA) is 49.5 Å². The molecule has 3 heteroatoms. The molecular weight excluding hydrogens is 164 g/mol. The molecule has 2 unspecified atom stereocenters. The summed E-state index contributed by atoms with van der Waals surface area (Å²) >= 11 is 0. The van der Waals surface area contributed by atoms with Gasteiger partial charge in [0.25, 0.3) is 0 Å². The Labute approximate surface area is 81.9 Å². The monoisotopic (exact) mass is 188 g/mol. The van der Waals surface area contributed by atoms with Crippen molar-refractivity contribution in [2.75, 3.05) is 20.6 Å². The maximum atomic E-state index is 9.66. The molecule has 0 aromatic carbocycles. The highest BCUT2D eigenvalue weighted by Gasteiger charge is 2.15. The van der Waals surface area contributed by atoms with Crippen LogP contribution >= 0.6 is 0 Å². The van der Waals surface area contributed by atoms with Gasteiger partial charge in [-0.2, -0.15) is 0 Å². The van der Waals surface area contributed by atoms with Gasteiger partial charge in [-0.1, -0.05) is 13.8 Å². The predicted molar refractivity (Wildman–Crippen MR) is 56.6 cm³/mol. The van der Waals surface area contributed by atoms with Crippen molar-refractivity contribution in [3.8, 4) is 0 Å². The Kier molecular flexibility index (Phi) is 6.29. The maximum absolute atomic E-state index is 9.66. The fraction of sp³-hybridized carbons (Fsp3) is 1.00. The van der Waals surface area contributed by atoms with Crippen molar-refractivity contribution < 1.29 is 5.11 Å². The summed E-state index contributed by atoms with van der Waals surface area (Å²) in [6.07, 6.45) is 1.31. The first kappa shape index (κ1) is 12.9. The Hall–Kier alpha value is -0.120. The smallest absolute Gasteiger partial charge is 0.0703 e. The van der Waals surface area contributed by atoms with Crippen LogP contribution in [0, 0.1) is 5.92 Å². The number of aliphatic hydroxyl groups excluding tert-OH is 1. The van der Waals surface area contributed by atoms with E-state index in [1.54, 1.807) is 0 Å². The van der Waals surface area contributed by atoms with Gasteiger partial charge in [-0.3, -0.25) is 0 Å². The standard InChI is InChI=1S/C10H24N2O/c1-8(2)7-9(11)10(13)5-6-12(3)4/h8-10,13H,5-7,11H2,1-4H3. The summed E-state index contributed by atoms with van der Waals surface area (Å²) in [5.41, 5.74) is 5.84.